The second-order valence-electron chi connectivity index (χ2n) is 10.2. The molecule has 1 aromatic heterocycles. The van der Waals surface area contributed by atoms with Gasteiger partial charge in [-0.05, 0) is 45.6 Å². The minimum atomic E-state index is -0.811. The third kappa shape index (κ3) is 6.42. The van der Waals surface area contributed by atoms with Gasteiger partial charge in [-0.25, -0.2) is 4.98 Å². The van der Waals surface area contributed by atoms with E-state index in [-0.39, 0.29) is 17.5 Å². The van der Waals surface area contributed by atoms with Crippen molar-refractivity contribution in [1.29, 1.82) is 0 Å². The smallest absolute Gasteiger partial charge is 0.402 e. The van der Waals surface area contributed by atoms with Crippen molar-refractivity contribution in [2.45, 2.75) is 77.6 Å². The number of hydrogen-bond acceptors (Lipinski definition) is 6. The lowest BCUT2D eigenvalue weighted by atomic mass is 9.74. The zero-order valence-electron chi connectivity index (χ0n) is 20.9. The monoisotopic (exact) mass is 466 g/mol. The fraction of sp³-hybridized carbons (Fsp3) is 0.520. The lowest BCUT2D eigenvalue weighted by Crippen LogP contribution is -2.55. The Morgan fingerprint density at radius 3 is 2.21 bits per heavy atom. The van der Waals surface area contributed by atoms with Gasteiger partial charge in [0.1, 0.15) is 11.7 Å². The molecule has 1 saturated heterocycles. The summed E-state index contributed by atoms with van der Waals surface area (Å²) in [5.41, 5.74) is 0.0545. The van der Waals surface area contributed by atoms with Crippen LogP contribution in [-0.2, 0) is 20.5 Å². The summed E-state index contributed by atoms with van der Waals surface area (Å²) >= 11 is 0. The number of amides is 2. The van der Waals surface area contributed by atoms with Crippen molar-refractivity contribution < 1.29 is 18.9 Å². The largest absolute Gasteiger partial charge is 0.481 e. The van der Waals surface area contributed by atoms with Crippen LogP contribution in [0.2, 0.25) is 0 Å². The van der Waals surface area contributed by atoms with E-state index < -0.39 is 30.3 Å². The highest BCUT2D eigenvalue weighted by atomic mass is 16.7. The Labute approximate surface area is 202 Å². The first-order valence-corrected chi connectivity index (χ1v) is 11.8. The highest BCUT2D eigenvalue weighted by Gasteiger charge is 2.54. The number of nitrogens with zero attached hydrogens (tertiary/aromatic N) is 2. The van der Waals surface area contributed by atoms with Gasteiger partial charge in [0.05, 0.1) is 23.3 Å². The summed E-state index contributed by atoms with van der Waals surface area (Å²) in [5.74, 6) is -0.840. The highest BCUT2D eigenvalue weighted by molar-refractivity contribution is 6.48. The SMILES string of the molecule is CC(C)CC(NC(=O)C(Cc1ccccc1)NC(=O)c1cnccn1)B1OC(C)(C)C(C)(C)O1. The zero-order chi connectivity index (χ0) is 24.9. The summed E-state index contributed by atoms with van der Waals surface area (Å²) in [7, 11) is -0.593. The van der Waals surface area contributed by atoms with Crippen molar-refractivity contribution in [3.8, 4) is 0 Å². The van der Waals surface area contributed by atoms with E-state index >= 15 is 0 Å². The Morgan fingerprint density at radius 1 is 1.00 bits per heavy atom. The maximum absolute atomic E-state index is 13.5. The molecular weight excluding hydrogens is 431 g/mol. The molecule has 182 valence electrons. The van der Waals surface area contributed by atoms with Gasteiger partial charge in [-0.3, -0.25) is 14.6 Å². The molecule has 2 heterocycles. The highest BCUT2D eigenvalue weighted by Crippen LogP contribution is 2.38. The van der Waals surface area contributed by atoms with Crippen molar-refractivity contribution in [2.24, 2.45) is 5.92 Å². The van der Waals surface area contributed by atoms with E-state index in [1.807, 2.05) is 58.0 Å². The number of hydrogen-bond donors (Lipinski definition) is 2. The summed E-state index contributed by atoms with van der Waals surface area (Å²) in [6.07, 6.45) is 5.30. The average Bonchev–Trinajstić information content (AvgIpc) is 3.00. The van der Waals surface area contributed by atoms with Crippen LogP contribution >= 0.6 is 0 Å². The topological polar surface area (TPSA) is 102 Å². The molecule has 2 atom stereocenters. The maximum atomic E-state index is 13.5. The molecule has 1 aliphatic rings. The molecule has 1 aliphatic heterocycles. The molecule has 3 rings (SSSR count). The molecule has 9 heteroatoms. The van der Waals surface area contributed by atoms with E-state index in [0.29, 0.717) is 18.8 Å². The lowest BCUT2D eigenvalue weighted by Gasteiger charge is -2.32. The maximum Gasteiger partial charge on any atom is 0.481 e. The number of carbonyl (C=O) groups is 2. The van der Waals surface area contributed by atoms with Crippen molar-refractivity contribution >= 4 is 18.9 Å². The van der Waals surface area contributed by atoms with Gasteiger partial charge in [0, 0.05) is 18.8 Å². The third-order valence-corrected chi connectivity index (χ3v) is 6.35. The Kier molecular flexibility index (Phi) is 8.10. The van der Waals surface area contributed by atoms with Crippen LogP contribution in [0.4, 0.5) is 0 Å². The molecule has 1 aromatic carbocycles. The first-order chi connectivity index (χ1) is 16.0. The van der Waals surface area contributed by atoms with Gasteiger partial charge in [0.25, 0.3) is 5.91 Å². The number of nitrogens with one attached hydrogen (secondary N) is 2. The number of carbonyl (C=O) groups excluding carboxylic acids is 2. The minimum absolute atomic E-state index is 0.151. The third-order valence-electron chi connectivity index (χ3n) is 6.35. The van der Waals surface area contributed by atoms with Gasteiger partial charge in [0.2, 0.25) is 5.91 Å². The molecule has 2 amide bonds. The summed E-state index contributed by atoms with van der Waals surface area (Å²) in [6.45, 7) is 12.1. The Bertz CT molecular complexity index is 953. The van der Waals surface area contributed by atoms with E-state index in [4.69, 9.17) is 9.31 Å². The average molecular weight is 466 g/mol. The molecule has 2 unspecified atom stereocenters. The van der Waals surface area contributed by atoms with Gasteiger partial charge >= 0.3 is 7.12 Å². The van der Waals surface area contributed by atoms with E-state index in [1.54, 1.807) is 0 Å². The molecule has 1 fully saturated rings. The molecule has 34 heavy (non-hydrogen) atoms. The van der Waals surface area contributed by atoms with Crippen LogP contribution in [0.25, 0.3) is 0 Å². The van der Waals surface area contributed by atoms with E-state index in [2.05, 4.69) is 34.4 Å². The summed E-state index contributed by atoms with van der Waals surface area (Å²) in [6, 6.07) is 8.76. The van der Waals surface area contributed by atoms with Crippen molar-refractivity contribution in [2.75, 3.05) is 0 Å². The molecule has 2 N–H and O–H groups in total. The quantitative estimate of drug-likeness (QED) is 0.551. The lowest BCUT2D eigenvalue weighted by molar-refractivity contribution is -0.123. The molecule has 2 aromatic rings. The van der Waals surface area contributed by atoms with Crippen LogP contribution in [0.3, 0.4) is 0 Å². The van der Waals surface area contributed by atoms with Crippen LogP contribution in [0.1, 0.15) is 64.0 Å². The molecule has 0 spiro atoms. The number of aromatic nitrogens is 2. The first kappa shape index (κ1) is 25.8. The number of rotatable bonds is 9. The molecule has 0 bridgehead atoms. The van der Waals surface area contributed by atoms with Crippen LogP contribution in [0.15, 0.2) is 48.9 Å². The minimum Gasteiger partial charge on any atom is -0.402 e. The summed E-state index contributed by atoms with van der Waals surface area (Å²) in [4.78, 5) is 34.3. The summed E-state index contributed by atoms with van der Waals surface area (Å²) < 4.78 is 12.5. The predicted octanol–water partition coefficient (Wildman–Crippen LogP) is 2.98. The second-order valence-corrected chi connectivity index (χ2v) is 10.2. The summed E-state index contributed by atoms with van der Waals surface area (Å²) in [5, 5.41) is 5.93. The zero-order valence-corrected chi connectivity index (χ0v) is 20.9. The normalized spacial score (nSPS) is 18.4. The molecular formula is C25H35BN4O4. The van der Waals surface area contributed by atoms with Crippen LogP contribution in [-0.4, -0.2) is 52.1 Å². The Morgan fingerprint density at radius 2 is 1.65 bits per heavy atom. The fourth-order valence-corrected chi connectivity index (χ4v) is 3.79. The molecule has 8 nitrogen and oxygen atoms in total. The predicted molar refractivity (Wildman–Crippen MR) is 131 cm³/mol. The standard InChI is InChI=1S/C25H35BN4O4/c1-17(2)14-21(26-33-24(3,4)25(5,6)34-26)30-22(31)19(15-18-10-8-7-9-11-18)29-23(32)20-16-27-12-13-28-20/h7-13,16-17,19,21H,14-15H2,1-6H3,(H,29,32)(H,30,31). The fourth-order valence-electron chi connectivity index (χ4n) is 3.79. The van der Waals surface area contributed by atoms with Gasteiger partial charge in [-0.1, -0.05) is 44.2 Å². The van der Waals surface area contributed by atoms with Gasteiger partial charge in [0.15, 0.2) is 0 Å². The van der Waals surface area contributed by atoms with Crippen molar-refractivity contribution in [1.82, 2.24) is 20.6 Å². The van der Waals surface area contributed by atoms with E-state index in [1.165, 1.54) is 18.6 Å². The van der Waals surface area contributed by atoms with E-state index in [0.717, 1.165) is 5.56 Å². The molecule has 0 radical (unpaired) electrons. The Balaban J connectivity index is 1.80. The van der Waals surface area contributed by atoms with Crippen LogP contribution in [0, 0.1) is 5.92 Å². The van der Waals surface area contributed by atoms with Gasteiger partial charge in [-0.15, -0.1) is 0 Å². The Hall–Kier alpha value is -2.78. The second kappa shape index (κ2) is 10.7. The van der Waals surface area contributed by atoms with E-state index in [9.17, 15) is 9.59 Å². The van der Waals surface area contributed by atoms with Crippen LogP contribution in [0.5, 0.6) is 0 Å². The number of benzene rings is 1. The molecule has 0 aliphatic carbocycles. The van der Waals surface area contributed by atoms with Gasteiger partial charge < -0.3 is 19.9 Å². The van der Waals surface area contributed by atoms with Crippen molar-refractivity contribution in [3.63, 3.8) is 0 Å². The van der Waals surface area contributed by atoms with Crippen LogP contribution < -0.4 is 10.6 Å². The van der Waals surface area contributed by atoms with Crippen molar-refractivity contribution in [3.05, 3.63) is 60.2 Å². The molecule has 0 saturated carbocycles. The van der Waals surface area contributed by atoms with Gasteiger partial charge in [-0.2, -0.15) is 0 Å². The first-order valence-electron chi connectivity index (χ1n) is 11.8.